The van der Waals surface area contributed by atoms with E-state index in [4.69, 9.17) is 9.47 Å². The average Bonchev–Trinajstić information content (AvgIpc) is 2.78. The minimum Gasteiger partial charge on any atom is -0.491 e. The van der Waals surface area contributed by atoms with Gasteiger partial charge < -0.3 is 9.47 Å². The van der Waals surface area contributed by atoms with Crippen LogP contribution in [0.5, 0.6) is 11.5 Å². The zero-order chi connectivity index (χ0) is 21.1. The number of benzene rings is 2. The first-order chi connectivity index (χ1) is 13.8. The molecule has 1 aliphatic heterocycles. The third kappa shape index (κ3) is 4.47. The minimum absolute atomic E-state index is 0.0249. The number of ketones is 1. The van der Waals surface area contributed by atoms with E-state index in [0.717, 1.165) is 4.90 Å². The van der Waals surface area contributed by atoms with Gasteiger partial charge in [0.05, 0.1) is 18.2 Å². The minimum atomic E-state index is -0.836. The van der Waals surface area contributed by atoms with Crippen LogP contribution in [0.1, 0.15) is 48.4 Å². The highest BCUT2D eigenvalue weighted by Gasteiger charge is 2.38. The maximum absolute atomic E-state index is 13.0. The van der Waals surface area contributed by atoms with Gasteiger partial charge in [0, 0.05) is 5.56 Å². The molecular formula is C23H25NO5. The van der Waals surface area contributed by atoms with E-state index in [0.29, 0.717) is 17.1 Å². The van der Waals surface area contributed by atoms with E-state index in [-0.39, 0.29) is 29.9 Å². The molecule has 152 valence electrons. The van der Waals surface area contributed by atoms with Gasteiger partial charge in [0.25, 0.3) is 11.8 Å². The summed E-state index contributed by atoms with van der Waals surface area (Å²) in [5.74, 6) is -0.511. The largest absolute Gasteiger partial charge is 0.491 e. The maximum atomic E-state index is 13.0. The summed E-state index contributed by atoms with van der Waals surface area (Å²) in [6.45, 7) is 7.17. The van der Waals surface area contributed by atoms with Crippen LogP contribution in [0, 0.1) is 5.92 Å². The smallest absolute Gasteiger partial charge is 0.271 e. The highest BCUT2D eigenvalue weighted by molar-refractivity contribution is 6.12. The molecule has 0 aliphatic carbocycles. The molecule has 29 heavy (non-hydrogen) atoms. The van der Waals surface area contributed by atoms with E-state index in [1.54, 1.807) is 48.5 Å². The van der Waals surface area contributed by atoms with Crippen LogP contribution in [-0.4, -0.2) is 41.3 Å². The third-order valence-electron chi connectivity index (χ3n) is 4.58. The molecule has 1 aliphatic rings. The highest BCUT2D eigenvalue weighted by atomic mass is 16.5. The molecule has 0 radical (unpaired) electrons. The molecule has 2 aromatic carbocycles. The first kappa shape index (κ1) is 20.6. The Balaban J connectivity index is 1.86. The van der Waals surface area contributed by atoms with Gasteiger partial charge in [-0.05, 0) is 56.2 Å². The third-order valence-corrected chi connectivity index (χ3v) is 4.58. The predicted octanol–water partition coefficient (Wildman–Crippen LogP) is 3.74. The topological polar surface area (TPSA) is 72.9 Å². The van der Waals surface area contributed by atoms with Gasteiger partial charge in [-0.1, -0.05) is 26.0 Å². The van der Waals surface area contributed by atoms with Crippen LogP contribution < -0.4 is 9.47 Å². The SMILES string of the molecule is CC(C)Oc1ccc(C(=O)CN2C(=O)c3ccccc3O[C@@H](C(C)C)C2=O)cc1. The molecule has 1 atom stereocenters. The molecule has 0 spiro atoms. The van der Waals surface area contributed by atoms with E-state index >= 15 is 0 Å². The van der Waals surface area contributed by atoms with Crippen LogP contribution in [0.15, 0.2) is 48.5 Å². The Labute approximate surface area is 170 Å². The van der Waals surface area contributed by atoms with Crippen molar-refractivity contribution in [3.8, 4) is 11.5 Å². The summed E-state index contributed by atoms with van der Waals surface area (Å²) in [6, 6.07) is 13.4. The van der Waals surface area contributed by atoms with Crippen molar-refractivity contribution in [1.82, 2.24) is 4.90 Å². The molecule has 2 amide bonds. The van der Waals surface area contributed by atoms with Gasteiger partial charge in [-0.25, -0.2) is 0 Å². The Morgan fingerprint density at radius 3 is 2.31 bits per heavy atom. The monoisotopic (exact) mass is 395 g/mol. The van der Waals surface area contributed by atoms with E-state index in [1.165, 1.54) is 0 Å². The Hall–Kier alpha value is -3.15. The average molecular weight is 395 g/mol. The van der Waals surface area contributed by atoms with Crippen LogP contribution in [0.25, 0.3) is 0 Å². The molecule has 0 bridgehead atoms. The van der Waals surface area contributed by atoms with Gasteiger partial charge in [0.2, 0.25) is 0 Å². The fourth-order valence-corrected chi connectivity index (χ4v) is 3.13. The molecule has 0 N–H and O–H groups in total. The second-order valence-electron chi connectivity index (χ2n) is 7.62. The van der Waals surface area contributed by atoms with E-state index in [1.807, 2.05) is 27.7 Å². The summed E-state index contributed by atoms with van der Waals surface area (Å²) < 4.78 is 11.4. The fourth-order valence-electron chi connectivity index (χ4n) is 3.13. The Bertz CT molecular complexity index is 917. The van der Waals surface area contributed by atoms with Crippen molar-refractivity contribution in [3.63, 3.8) is 0 Å². The lowest BCUT2D eigenvalue weighted by molar-refractivity contribution is -0.136. The standard InChI is InChI=1S/C23H25NO5/c1-14(2)21-23(27)24(22(26)18-7-5-6-8-20(18)29-21)13-19(25)16-9-11-17(12-10-16)28-15(3)4/h5-12,14-15,21H,13H2,1-4H3/t21-/m0/s1. The van der Waals surface area contributed by atoms with Gasteiger partial charge in [-0.2, -0.15) is 0 Å². The van der Waals surface area contributed by atoms with Gasteiger partial charge in [0.15, 0.2) is 11.9 Å². The first-order valence-corrected chi connectivity index (χ1v) is 9.69. The number of para-hydroxylation sites is 1. The quantitative estimate of drug-likeness (QED) is 0.550. The number of amides is 2. The molecule has 0 aromatic heterocycles. The van der Waals surface area contributed by atoms with Gasteiger partial charge >= 0.3 is 0 Å². The number of carbonyl (C=O) groups excluding carboxylic acids is 3. The van der Waals surface area contributed by atoms with Crippen molar-refractivity contribution in [2.45, 2.75) is 39.9 Å². The van der Waals surface area contributed by atoms with Crippen molar-refractivity contribution < 1.29 is 23.9 Å². The number of hydrogen-bond donors (Lipinski definition) is 0. The number of rotatable bonds is 6. The number of fused-ring (bicyclic) bond motifs is 1. The van der Waals surface area contributed by atoms with Crippen molar-refractivity contribution >= 4 is 17.6 Å². The zero-order valence-corrected chi connectivity index (χ0v) is 17.0. The van der Waals surface area contributed by atoms with Crippen LogP contribution in [-0.2, 0) is 4.79 Å². The summed E-state index contributed by atoms with van der Waals surface area (Å²) in [5.41, 5.74) is 0.679. The Morgan fingerprint density at radius 1 is 1.03 bits per heavy atom. The molecule has 0 fully saturated rings. The lowest BCUT2D eigenvalue weighted by Gasteiger charge is -2.24. The number of ether oxygens (including phenoxy) is 2. The van der Waals surface area contributed by atoms with Crippen molar-refractivity contribution in [1.29, 1.82) is 0 Å². The van der Waals surface area contributed by atoms with E-state index in [2.05, 4.69) is 0 Å². The number of hydrogen-bond acceptors (Lipinski definition) is 5. The maximum Gasteiger partial charge on any atom is 0.271 e. The molecular weight excluding hydrogens is 370 g/mol. The number of nitrogens with zero attached hydrogens (tertiary/aromatic N) is 1. The summed E-state index contributed by atoms with van der Waals surface area (Å²) in [4.78, 5) is 39.8. The van der Waals surface area contributed by atoms with Gasteiger partial charge in [0.1, 0.15) is 11.5 Å². The summed E-state index contributed by atoms with van der Waals surface area (Å²) >= 11 is 0. The summed E-state index contributed by atoms with van der Waals surface area (Å²) in [7, 11) is 0. The van der Waals surface area contributed by atoms with Gasteiger partial charge in [-0.3, -0.25) is 19.3 Å². The molecule has 1 heterocycles. The number of Topliss-reactive ketones (excluding diaryl/α,β-unsaturated/α-hetero) is 1. The van der Waals surface area contributed by atoms with Gasteiger partial charge in [-0.15, -0.1) is 0 Å². The van der Waals surface area contributed by atoms with Crippen LogP contribution in [0.4, 0.5) is 0 Å². The lowest BCUT2D eigenvalue weighted by atomic mass is 10.1. The van der Waals surface area contributed by atoms with E-state index < -0.39 is 17.9 Å². The van der Waals surface area contributed by atoms with Crippen molar-refractivity contribution in [3.05, 3.63) is 59.7 Å². The van der Waals surface area contributed by atoms with E-state index in [9.17, 15) is 14.4 Å². The molecule has 0 saturated carbocycles. The lowest BCUT2D eigenvalue weighted by Crippen LogP contribution is -2.47. The first-order valence-electron chi connectivity index (χ1n) is 9.69. The molecule has 2 aromatic rings. The van der Waals surface area contributed by atoms with Crippen molar-refractivity contribution in [2.75, 3.05) is 6.54 Å². The molecule has 0 saturated heterocycles. The van der Waals surface area contributed by atoms with Crippen molar-refractivity contribution in [2.24, 2.45) is 5.92 Å². The number of carbonyl (C=O) groups is 3. The second kappa shape index (κ2) is 8.47. The normalized spacial score (nSPS) is 16.5. The van der Waals surface area contributed by atoms with Crippen LogP contribution in [0.2, 0.25) is 0 Å². The Morgan fingerprint density at radius 2 is 1.69 bits per heavy atom. The summed E-state index contributed by atoms with van der Waals surface area (Å²) in [6.07, 6.45) is -0.811. The fraction of sp³-hybridized carbons (Fsp3) is 0.348. The van der Waals surface area contributed by atoms with Crippen LogP contribution >= 0.6 is 0 Å². The summed E-state index contributed by atoms with van der Waals surface area (Å²) in [5, 5.41) is 0. The zero-order valence-electron chi connectivity index (χ0n) is 17.0. The molecule has 6 nitrogen and oxygen atoms in total. The van der Waals surface area contributed by atoms with Crippen LogP contribution in [0.3, 0.4) is 0 Å². The molecule has 0 unspecified atom stereocenters. The predicted molar refractivity (Wildman–Crippen MR) is 108 cm³/mol. The number of imide groups is 1. The molecule has 6 heteroatoms. The molecule has 3 rings (SSSR count). The Kier molecular flexibility index (Phi) is 6.01. The highest BCUT2D eigenvalue weighted by Crippen LogP contribution is 2.28. The second-order valence-corrected chi connectivity index (χ2v) is 7.62.